The minimum absolute atomic E-state index is 0.0782. The highest BCUT2D eigenvalue weighted by Gasteiger charge is 2.25. The fourth-order valence-corrected chi connectivity index (χ4v) is 3.55. The lowest BCUT2D eigenvalue weighted by atomic mass is 10.0. The molecule has 0 fully saturated rings. The second kappa shape index (κ2) is 6.21. The summed E-state index contributed by atoms with van der Waals surface area (Å²) in [5, 5.41) is 4.37. The molecule has 2 aromatic carbocycles. The zero-order valence-electron chi connectivity index (χ0n) is 13.8. The standard InChI is InChI=1S/C20H21N3O/c1-14(15-8-3-2-4-9-15)21-18-12-7-13-23-19(18)22-17-11-6-5-10-16(17)20(23)24/h2-6,8-11,14,18,21H,7,12-13H2,1H3. The zero-order chi connectivity index (χ0) is 16.5. The Balaban J connectivity index is 1.72. The third kappa shape index (κ3) is 2.63. The van der Waals surface area contributed by atoms with Gasteiger partial charge in [0.2, 0.25) is 0 Å². The molecule has 1 N–H and O–H groups in total. The van der Waals surface area contributed by atoms with Crippen molar-refractivity contribution in [1.82, 2.24) is 14.9 Å². The van der Waals surface area contributed by atoms with Crippen LogP contribution < -0.4 is 10.9 Å². The largest absolute Gasteiger partial charge is 0.301 e. The highest BCUT2D eigenvalue weighted by molar-refractivity contribution is 5.77. The lowest BCUT2D eigenvalue weighted by molar-refractivity contribution is 0.349. The van der Waals surface area contributed by atoms with Gasteiger partial charge in [-0.2, -0.15) is 0 Å². The van der Waals surface area contributed by atoms with Crippen LogP contribution in [-0.4, -0.2) is 9.55 Å². The van der Waals surface area contributed by atoms with Crippen molar-refractivity contribution in [3.63, 3.8) is 0 Å². The van der Waals surface area contributed by atoms with E-state index in [1.165, 1.54) is 5.56 Å². The Morgan fingerprint density at radius 1 is 1.12 bits per heavy atom. The number of rotatable bonds is 3. The number of hydrogen-bond donors (Lipinski definition) is 1. The van der Waals surface area contributed by atoms with E-state index in [9.17, 15) is 4.79 Å². The fourth-order valence-electron chi connectivity index (χ4n) is 3.55. The fraction of sp³-hybridized carbons (Fsp3) is 0.300. The molecular formula is C20H21N3O. The number of fused-ring (bicyclic) bond motifs is 2. The molecule has 0 saturated carbocycles. The smallest absolute Gasteiger partial charge is 0.261 e. The third-order valence-corrected chi connectivity index (χ3v) is 4.83. The average molecular weight is 319 g/mol. The first kappa shape index (κ1) is 15.1. The molecule has 2 heterocycles. The molecule has 0 aliphatic carbocycles. The summed E-state index contributed by atoms with van der Waals surface area (Å²) in [7, 11) is 0. The van der Waals surface area contributed by atoms with Gasteiger partial charge in [0.15, 0.2) is 0 Å². The Morgan fingerprint density at radius 2 is 1.88 bits per heavy atom. The minimum atomic E-state index is 0.0782. The second-order valence-electron chi connectivity index (χ2n) is 6.44. The minimum Gasteiger partial charge on any atom is -0.301 e. The highest BCUT2D eigenvalue weighted by atomic mass is 16.1. The summed E-state index contributed by atoms with van der Waals surface area (Å²) in [5.74, 6) is 0.868. The molecule has 122 valence electrons. The van der Waals surface area contributed by atoms with Crippen LogP contribution in [-0.2, 0) is 6.54 Å². The summed E-state index contributed by atoms with van der Waals surface area (Å²) in [6.07, 6.45) is 1.99. The first-order valence-electron chi connectivity index (χ1n) is 8.54. The predicted molar refractivity (Wildman–Crippen MR) is 96.0 cm³/mol. The first-order valence-corrected chi connectivity index (χ1v) is 8.54. The van der Waals surface area contributed by atoms with Crippen LogP contribution in [0.25, 0.3) is 10.9 Å². The molecule has 24 heavy (non-hydrogen) atoms. The van der Waals surface area contributed by atoms with Crippen molar-refractivity contribution >= 4 is 10.9 Å². The summed E-state index contributed by atoms with van der Waals surface area (Å²) in [5.41, 5.74) is 2.11. The van der Waals surface area contributed by atoms with Crippen LogP contribution in [0.2, 0.25) is 0 Å². The van der Waals surface area contributed by atoms with Crippen molar-refractivity contribution < 1.29 is 0 Å². The van der Waals surface area contributed by atoms with Crippen molar-refractivity contribution in [1.29, 1.82) is 0 Å². The first-order chi connectivity index (χ1) is 11.7. The number of nitrogens with one attached hydrogen (secondary N) is 1. The second-order valence-corrected chi connectivity index (χ2v) is 6.44. The van der Waals surface area contributed by atoms with Gasteiger partial charge in [0.1, 0.15) is 5.82 Å². The van der Waals surface area contributed by atoms with Crippen molar-refractivity contribution in [3.05, 3.63) is 76.3 Å². The molecule has 0 bridgehead atoms. The Hall–Kier alpha value is -2.46. The van der Waals surface area contributed by atoms with Gasteiger partial charge in [0.05, 0.1) is 16.9 Å². The maximum Gasteiger partial charge on any atom is 0.261 e. The van der Waals surface area contributed by atoms with Crippen LogP contribution in [0, 0.1) is 0 Å². The zero-order valence-corrected chi connectivity index (χ0v) is 13.8. The topological polar surface area (TPSA) is 46.9 Å². The Morgan fingerprint density at radius 3 is 2.71 bits per heavy atom. The van der Waals surface area contributed by atoms with Crippen molar-refractivity contribution in [2.75, 3.05) is 0 Å². The van der Waals surface area contributed by atoms with E-state index >= 15 is 0 Å². The van der Waals surface area contributed by atoms with Gasteiger partial charge in [-0.1, -0.05) is 42.5 Å². The van der Waals surface area contributed by atoms with Gasteiger partial charge < -0.3 is 5.32 Å². The van der Waals surface area contributed by atoms with Crippen LogP contribution in [0.15, 0.2) is 59.4 Å². The number of para-hydroxylation sites is 1. The molecule has 0 amide bonds. The molecule has 4 heteroatoms. The SMILES string of the molecule is CC(NC1CCCn2c1nc1ccccc1c2=O)c1ccccc1. The van der Waals surface area contributed by atoms with Crippen LogP contribution in [0.4, 0.5) is 0 Å². The summed E-state index contributed by atoms with van der Waals surface area (Å²) in [6.45, 7) is 2.91. The van der Waals surface area contributed by atoms with E-state index in [0.29, 0.717) is 5.39 Å². The highest BCUT2D eigenvalue weighted by Crippen LogP contribution is 2.26. The van der Waals surface area contributed by atoms with E-state index in [1.54, 1.807) is 0 Å². The average Bonchev–Trinajstić information content (AvgIpc) is 2.63. The Labute approximate surface area is 141 Å². The van der Waals surface area contributed by atoms with E-state index in [-0.39, 0.29) is 17.6 Å². The van der Waals surface area contributed by atoms with E-state index < -0.39 is 0 Å². The third-order valence-electron chi connectivity index (χ3n) is 4.83. The summed E-state index contributed by atoms with van der Waals surface area (Å²) in [4.78, 5) is 17.6. The van der Waals surface area contributed by atoms with Crippen LogP contribution >= 0.6 is 0 Å². The molecule has 4 rings (SSSR count). The number of aromatic nitrogens is 2. The van der Waals surface area contributed by atoms with Gasteiger partial charge >= 0.3 is 0 Å². The van der Waals surface area contributed by atoms with E-state index in [2.05, 4.69) is 36.5 Å². The monoisotopic (exact) mass is 319 g/mol. The molecule has 1 aliphatic rings. The molecule has 2 atom stereocenters. The lowest BCUT2D eigenvalue weighted by Gasteiger charge is -2.29. The molecule has 0 spiro atoms. The van der Waals surface area contributed by atoms with Gasteiger partial charge in [-0.05, 0) is 37.5 Å². The molecular weight excluding hydrogens is 298 g/mol. The summed E-state index contributed by atoms with van der Waals surface area (Å²) >= 11 is 0. The van der Waals surface area contributed by atoms with Gasteiger partial charge in [0, 0.05) is 12.6 Å². The molecule has 2 unspecified atom stereocenters. The van der Waals surface area contributed by atoms with Gasteiger partial charge in [-0.25, -0.2) is 4.98 Å². The predicted octanol–water partition coefficient (Wildman–Crippen LogP) is 3.58. The van der Waals surface area contributed by atoms with Crippen LogP contribution in [0.1, 0.15) is 43.2 Å². The number of nitrogens with zero attached hydrogens (tertiary/aromatic N) is 2. The Bertz CT molecular complexity index is 917. The van der Waals surface area contributed by atoms with E-state index in [4.69, 9.17) is 4.98 Å². The molecule has 1 aliphatic heterocycles. The summed E-state index contributed by atoms with van der Waals surface area (Å²) < 4.78 is 1.85. The van der Waals surface area contributed by atoms with Crippen LogP contribution in [0.5, 0.6) is 0 Å². The number of benzene rings is 2. The number of hydrogen-bond acceptors (Lipinski definition) is 3. The maximum absolute atomic E-state index is 12.8. The van der Waals surface area contributed by atoms with Crippen molar-refractivity contribution in [2.24, 2.45) is 0 Å². The van der Waals surface area contributed by atoms with Crippen LogP contribution in [0.3, 0.4) is 0 Å². The summed E-state index contributed by atoms with van der Waals surface area (Å²) in [6, 6.07) is 18.3. The molecule has 3 aromatic rings. The molecule has 4 nitrogen and oxygen atoms in total. The molecule has 1 aromatic heterocycles. The molecule has 0 saturated heterocycles. The maximum atomic E-state index is 12.8. The van der Waals surface area contributed by atoms with Crippen molar-refractivity contribution in [2.45, 2.75) is 38.4 Å². The van der Waals surface area contributed by atoms with Gasteiger partial charge in [0.25, 0.3) is 5.56 Å². The van der Waals surface area contributed by atoms with E-state index in [1.807, 2.05) is 34.9 Å². The van der Waals surface area contributed by atoms with Gasteiger partial charge in [-0.3, -0.25) is 9.36 Å². The lowest BCUT2D eigenvalue weighted by Crippen LogP contribution is -2.36. The Kier molecular flexibility index (Phi) is 3.90. The normalized spacial score (nSPS) is 18.3. The quantitative estimate of drug-likeness (QED) is 0.802. The van der Waals surface area contributed by atoms with Crippen molar-refractivity contribution in [3.8, 4) is 0 Å². The molecule has 0 radical (unpaired) electrons. The van der Waals surface area contributed by atoms with E-state index in [0.717, 1.165) is 30.7 Å². The van der Waals surface area contributed by atoms with Gasteiger partial charge in [-0.15, -0.1) is 0 Å².